The van der Waals surface area contributed by atoms with E-state index in [1.165, 1.54) is 6.07 Å². The molecule has 1 saturated heterocycles. The fourth-order valence-electron chi connectivity index (χ4n) is 4.36. The number of aryl methyl sites for hydroxylation is 1. The summed E-state index contributed by atoms with van der Waals surface area (Å²) in [7, 11) is 0. The van der Waals surface area contributed by atoms with Gasteiger partial charge in [0, 0.05) is 43.9 Å². The van der Waals surface area contributed by atoms with Crippen LogP contribution in [0.15, 0.2) is 22.7 Å². The largest absolute Gasteiger partial charge is 0.468 e. The molecule has 12 heteroatoms. The predicted octanol–water partition coefficient (Wildman–Crippen LogP) is 2.85. The number of nitrogens with one attached hydrogen (secondary N) is 1. The molecule has 2 aromatic rings. The van der Waals surface area contributed by atoms with E-state index < -0.39 is 12.8 Å². The predicted molar refractivity (Wildman–Crippen MR) is 122 cm³/mol. The third-order valence-corrected chi connectivity index (χ3v) is 6.25. The molecule has 0 aromatic carbocycles. The number of carbonyl (C=O) groups is 1. The number of hydrogen-bond donors (Lipinski definition) is 1. The molecular formula is C24H31F3N4O5. The van der Waals surface area contributed by atoms with E-state index >= 15 is 0 Å². The molecule has 2 aliphatic heterocycles. The highest BCUT2D eigenvalue weighted by Crippen LogP contribution is 2.22. The Hall–Kier alpha value is -2.86. The van der Waals surface area contributed by atoms with Crippen LogP contribution in [0.25, 0.3) is 0 Å². The van der Waals surface area contributed by atoms with Gasteiger partial charge in [0.15, 0.2) is 13.2 Å². The molecule has 4 rings (SSSR count). The first-order chi connectivity index (χ1) is 17.2. The maximum atomic E-state index is 12.4. The molecular weight excluding hydrogens is 481 g/mol. The minimum atomic E-state index is -4.38. The van der Waals surface area contributed by atoms with Crippen molar-refractivity contribution in [1.82, 2.24) is 20.4 Å². The quantitative estimate of drug-likeness (QED) is 0.548. The van der Waals surface area contributed by atoms with Crippen LogP contribution in [0.2, 0.25) is 0 Å². The molecule has 198 valence electrons. The van der Waals surface area contributed by atoms with Gasteiger partial charge in [-0.15, -0.1) is 0 Å². The van der Waals surface area contributed by atoms with Gasteiger partial charge in [-0.25, -0.2) is 4.98 Å². The molecule has 0 aliphatic carbocycles. The summed E-state index contributed by atoms with van der Waals surface area (Å²) in [6.45, 7) is 3.22. The molecule has 0 spiro atoms. The highest BCUT2D eigenvalue weighted by Gasteiger charge is 2.29. The summed E-state index contributed by atoms with van der Waals surface area (Å²) < 4.78 is 58.2. The molecule has 1 fully saturated rings. The van der Waals surface area contributed by atoms with Crippen LogP contribution in [0.4, 0.5) is 13.2 Å². The first-order valence-electron chi connectivity index (χ1n) is 12.1. The lowest BCUT2D eigenvalue weighted by Crippen LogP contribution is -2.45. The molecule has 0 radical (unpaired) electrons. The van der Waals surface area contributed by atoms with Gasteiger partial charge in [0.05, 0.1) is 18.8 Å². The van der Waals surface area contributed by atoms with Crippen molar-refractivity contribution in [2.24, 2.45) is 0 Å². The molecule has 2 aromatic heterocycles. The smallest absolute Gasteiger partial charge is 0.422 e. The maximum Gasteiger partial charge on any atom is 0.422 e. The van der Waals surface area contributed by atoms with Crippen molar-refractivity contribution in [2.75, 3.05) is 39.5 Å². The van der Waals surface area contributed by atoms with Gasteiger partial charge in [0.25, 0.3) is 11.8 Å². The SMILES string of the molecule is Cc1cc(OCC(=O)N[C@H]2CC[C@H](CCN3CCc4ccc(OCC(F)(F)F)nc4CC3)OC2)no1. The average molecular weight is 513 g/mol. The summed E-state index contributed by atoms with van der Waals surface area (Å²) >= 11 is 0. The second kappa shape index (κ2) is 11.9. The summed E-state index contributed by atoms with van der Waals surface area (Å²) in [5.41, 5.74) is 1.85. The topological polar surface area (TPSA) is 99.0 Å². The molecule has 36 heavy (non-hydrogen) atoms. The maximum absolute atomic E-state index is 12.4. The molecule has 1 N–H and O–H groups in total. The number of hydrogen-bond acceptors (Lipinski definition) is 8. The number of rotatable bonds is 9. The van der Waals surface area contributed by atoms with Crippen LogP contribution in [-0.2, 0) is 22.4 Å². The number of nitrogens with zero attached hydrogens (tertiary/aromatic N) is 3. The summed E-state index contributed by atoms with van der Waals surface area (Å²) in [4.78, 5) is 18.7. The van der Waals surface area contributed by atoms with Gasteiger partial charge in [-0.2, -0.15) is 13.2 Å². The van der Waals surface area contributed by atoms with E-state index in [0.29, 0.717) is 18.8 Å². The number of alkyl halides is 3. The molecule has 2 atom stereocenters. The van der Waals surface area contributed by atoms with E-state index in [-0.39, 0.29) is 36.4 Å². The van der Waals surface area contributed by atoms with E-state index in [4.69, 9.17) is 18.7 Å². The van der Waals surface area contributed by atoms with Crippen LogP contribution in [0.3, 0.4) is 0 Å². The van der Waals surface area contributed by atoms with E-state index in [1.807, 2.05) is 6.07 Å². The fraction of sp³-hybridized carbons (Fsp3) is 0.625. The third kappa shape index (κ3) is 8.09. The molecule has 9 nitrogen and oxygen atoms in total. The lowest BCUT2D eigenvalue weighted by molar-refractivity contribution is -0.154. The number of pyridine rings is 1. The molecule has 2 aliphatic rings. The Morgan fingerprint density at radius 2 is 2.03 bits per heavy atom. The van der Waals surface area contributed by atoms with Gasteiger partial charge in [-0.05, 0) is 43.3 Å². The van der Waals surface area contributed by atoms with Crippen LogP contribution >= 0.6 is 0 Å². The second-order valence-corrected chi connectivity index (χ2v) is 9.15. The standard InChI is InChI=1S/C24H31F3N4O5/c1-16-12-23(30-36-16)34-14-21(32)28-18-3-4-19(33-13-18)7-10-31-9-6-17-2-5-22(29-20(17)8-11-31)35-15-24(25,26)27/h2,5,12,18-19H,3-4,6-11,13-15H2,1H3,(H,28,32)/t18-,19+/m0/s1. The van der Waals surface area contributed by atoms with E-state index in [1.54, 1.807) is 13.0 Å². The molecule has 0 unspecified atom stereocenters. The van der Waals surface area contributed by atoms with E-state index in [9.17, 15) is 18.0 Å². The zero-order chi connectivity index (χ0) is 25.5. The van der Waals surface area contributed by atoms with Crippen molar-refractivity contribution >= 4 is 5.91 Å². The zero-order valence-corrected chi connectivity index (χ0v) is 20.2. The highest BCUT2D eigenvalue weighted by atomic mass is 19.4. The van der Waals surface area contributed by atoms with Crippen molar-refractivity contribution < 1.29 is 36.7 Å². The lowest BCUT2D eigenvalue weighted by Gasteiger charge is -2.31. The average Bonchev–Trinajstić information content (AvgIpc) is 3.15. The van der Waals surface area contributed by atoms with Gasteiger partial charge < -0.3 is 29.0 Å². The van der Waals surface area contributed by atoms with Gasteiger partial charge >= 0.3 is 6.18 Å². The van der Waals surface area contributed by atoms with Crippen LogP contribution in [0.5, 0.6) is 11.8 Å². The van der Waals surface area contributed by atoms with Crippen molar-refractivity contribution in [3.63, 3.8) is 0 Å². The van der Waals surface area contributed by atoms with Gasteiger partial charge in [0.2, 0.25) is 5.88 Å². The second-order valence-electron chi connectivity index (χ2n) is 9.15. The van der Waals surface area contributed by atoms with Gasteiger partial charge in [0.1, 0.15) is 5.76 Å². The van der Waals surface area contributed by atoms with Crippen LogP contribution in [0, 0.1) is 6.92 Å². The molecule has 4 heterocycles. The summed E-state index contributed by atoms with van der Waals surface area (Å²) in [6, 6.07) is 4.88. The van der Waals surface area contributed by atoms with E-state index in [2.05, 4.69) is 20.4 Å². The molecule has 0 saturated carbocycles. The molecule has 0 bridgehead atoms. The van der Waals surface area contributed by atoms with Crippen molar-refractivity contribution in [3.05, 3.63) is 35.2 Å². The minimum Gasteiger partial charge on any atom is -0.468 e. The fourth-order valence-corrected chi connectivity index (χ4v) is 4.36. The number of carbonyl (C=O) groups excluding carboxylic acids is 1. The molecule has 1 amide bonds. The first-order valence-corrected chi connectivity index (χ1v) is 12.1. The minimum absolute atomic E-state index is 0.0107. The normalized spacial score (nSPS) is 20.9. The first kappa shape index (κ1) is 26.2. The Morgan fingerprint density at radius 1 is 1.19 bits per heavy atom. The van der Waals surface area contributed by atoms with Crippen molar-refractivity contribution in [3.8, 4) is 11.8 Å². The number of halogens is 3. The Bertz CT molecular complexity index is 1010. The van der Waals surface area contributed by atoms with Crippen molar-refractivity contribution in [1.29, 1.82) is 0 Å². The number of amides is 1. The monoisotopic (exact) mass is 512 g/mol. The third-order valence-electron chi connectivity index (χ3n) is 6.25. The lowest BCUT2D eigenvalue weighted by atomic mass is 10.0. The zero-order valence-electron chi connectivity index (χ0n) is 20.2. The van der Waals surface area contributed by atoms with Gasteiger partial charge in [-0.1, -0.05) is 6.07 Å². The number of ether oxygens (including phenoxy) is 3. The Balaban J connectivity index is 1.13. The number of aromatic nitrogens is 2. The van der Waals surface area contributed by atoms with E-state index in [0.717, 1.165) is 56.6 Å². The summed E-state index contributed by atoms with van der Waals surface area (Å²) in [5, 5.41) is 6.61. The van der Waals surface area contributed by atoms with Crippen LogP contribution in [0.1, 0.15) is 36.3 Å². The Labute approximate surface area is 207 Å². The summed E-state index contributed by atoms with van der Waals surface area (Å²) in [5.74, 6) is 0.677. The van der Waals surface area contributed by atoms with Gasteiger partial charge in [-0.3, -0.25) is 4.79 Å². The van der Waals surface area contributed by atoms with Crippen molar-refractivity contribution in [2.45, 2.75) is 57.3 Å². The number of fused-ring (bicyclic) bond motifs is 1. The Kier molecular flexibility index (Phi) is 8.68. The summed E-state index contributed by atoms with van der Waals surface area (Å²) in [6.07, 6.45) is -0.257. The highest BCUT2D eigenvalue weighted by molar-refractivity contribution is 5.77. The Morgan fingerprint density at radius 3 is 2.75 bits per heavy atom. The van der Waals surface area contributed by atoms with Crippen LogP contribution in [-0.4, -0.2) is 78.7 Å². The van der Waals surface area contributed by atoms with Crippen LogP contribution < -0.4 is 14.8 Å².